The zero-order chi connectivity index (χ0) is 20.8. The molecule has 1 aromatic heterocycles. The van der Waals surface area contributed by atoms with Gasteiger partial charge in [-0.25, -0.2) is 9.48 Å². The molecule has 1 heterocycles. The Labute approximate surface area is 174 Å². The van der Waals surface area contributed by atoms with Crippen molar-refractivity contribution >= 4 is 5.97 Å². The van der Waals surface area contributed by atoms with Gasteiger partial charge in [0.2, 0.25) is 0 Å². The lowest BCUT2D eigenvalue weighted by Crippen LogP contribution is -2.24. The van der Waals surface area contributed by atoms with Crippen LogP contribution in [0.4, 0.5) is 0 Å². The summed E-state index contributed by atoms with van der Waals surface area (Å²) in [6, 6.07) is 27.7. The summed E-state index contributed by atoms with van der Waals surface area (Å²) in [5.74, 6) is 5.25. The van der Waals surface area contributed by atoms with Crippen LogP contribution in [0.5, 0.6) is 0 Å². The minimum Gasteiger partial charge on any atom is -0.480 e. The average Bonchev–Trinajstić information content (AvgIpc) is 3.21. The maximum atomic E-state index is 12.1. The highest BCUT2D eigenvalue weighted by Crippen LogP contribution is 2.24. The molecule has 0 unspecified atom stereocenters. The molecule has 0 spiro atoms. The normalized spacial score (nSPS) is 11.3. The highest BCUT2D eigenvalue weighted by Gasteiger charge is 2.26. The van der Waals surface area contributed by atoms with Crippen molar-refractivity contribution in [3.8, 4) is 23.1 Å². The van der Waals surface area contributed by atoms with Crippen LogP contribution in [-0.2, 0) is 11.2 Å². The fourth-order valence-electron chi connectivity index (χ4n) is 3.19. The quantitative estimate of drug-likeness (QED) is 0.516. The van der Waals surface area contributed by atoms with Crippen LogP contribution in [0.1, 0.15) is 22.9 Å². The van der Waals surface area contributed by atoms with Crippen LogP contribution < -0.4 is 0 Å². The van der Waals surface area contributed by atoms with Crippen molar-refractivity contribution in [3.05, 3.63) is 108 Å². The molecule has 146 valence electrons. The topological polar surface area (TPSA) is 68.0 Å². The van der Waals surface area contributed by atoms with Crippen LogP contribution in [0.15, 0.2) is 91.0 Å². The minimum atomic E-state index is -0.980. The smallest absolute Gasteiger partial charge is 0.328 e. The second-order valence-electron chi connectivity index (χ2n) is 6.76. The first-order valence-corrected chi connectivity index (χ1v) is 9.57. The summed E-state index contributed by atoms with van der Waals surface area (Å²) in [7, 11) is 0. The number of carboxylic acid groups (broad SMARTS) is 1. The van der Waals surface area contributed by atoms with Crippen molar-refractivity contribution in [1.29, 1.82) is 0 Å². The van der Waals surface area contributed by atoms with Gasteiger partial charge in [0.05, 0.1) is 0 Å². The third-order valence-corrected chi connectivity index (χ3v) is 4.69. The molecule has 5 heteroatoms. The molecular formula is C25H19N3O2. The Morgan fingerprint density at radius 1 is 0.867 bits per heavy atom. The number of carbonyl (C=O) groups is 1. The minimum absolute atomic E-state index is 0.285. The summed E-state index contributed by atoms with van der Waals surface area (Å²) in [6.45, 7) is 0. The maximum absolute atomic E-state index is 12.1. The fourth-order valence-corrected chi connectivity index (χ4v) is 3.19. The van der Waals surface area contributed by atoms with Crippen molar-refractivity contribution in [2.75, 3.05) is 0 Å². The number of hydrogen-bond acceptors (Lipinski definition) is 3. The van der Waals surface area contributed by atoms with Gasteiger partial charge in [0.1, 0.15) is 11.4 Å². The number of rotatable bonds is 5. The first-order valence-electron chi connectivity index (χ1n) is 9.57. The monoisotopic (exact) mass is 393 g/mol. The molecule has 0 aliphatic rings. The van der Waals surface area contributed by atoms with Crippen molar-refractivity contribution in [2.45, 2.75) is 12.5 Å². The van der Waals surface area contributed by atoms with Crippen molar-refractivity contribution in [2.24, 2.45) is 0 Å². The van der Waals surface area contributed by atoms with Crippen molar-refractivity contribution in [1.82, 2.24) is 15.0 Å². The van der Waals surface area contributed by atoms with Crippen molar-refractivity contribution < 1.29 is 9.90 Å². The second-order valence-corrected chi connectivity index (χ2v) is 6.76. The van der Waals surface area contributed by atoms with Crippen LogP contribution in [0.3, 0.4) is 0 Å². The number of benzene rings is 3. The van der Waals surface area contributed by atoms with E-state index < -0.39 is 12.0 Å². The lowest BCUT2D eigenvalue weighted by atomic mass is 10.0. The third kappa shape index (κ3) is 4.29. The van der Waals surface area contributed by atoms with Crippen LogP contribution >= 0.6 is 0 Å². The first-order chi connectivity index (χ1) is 14.7. The molecule has 5 nitrogen and oxygen atoms in total. The highest BCUT2D eigenvalue weighted by molar-refractivity contribution is 5.74. The summed E-state index contributed by atoms with van der Waals surface area (Å²) < 4.78 is 1.42. The van der Waals surface area contributed by atoms with E-state index in [2.05, 4.69) is 22.2 Å². The summed E-state index contributed by atoms with van der Waals surface area (Å²) in [5.41, 5.74) is 3.62. The summed E-state index contributed by atoms with van der Waals surface area (Å²) in [5, 5.41) is 18.4. The Kier molecular flexibility index (Phi) is 5.68. The SMILES string of the molecule is O=C(O)[C@H](Cc1ccccc1)n1nnc(-c2ccccc2)c1C#Cc1ccccc1. The molecule has 0 saturated heterocycles. The number of nitrogens with zero attached hydrogens (tertiary/aromatic N) is 3. The number of aromatic nitrogens is 3. The molecule has 1 atom stereocenters. The van der Waals surface area contributed by atoms with E-state index in [0.717, 1.165) is 16.7 Å². The zero-order valence-corrected chi connectivity index (χ0v) is 16.1. The fraction of sp³-hybridized carbons (Fsp3) is 0.0800. The molecule has 4 rings (SSSR count). The van der Waals surface area contributed by atoms with Gasteiger partial charge in [-0.15, -0.1) is 5.10 Å². The summed E-state index contributed by atoms with van der Waals surface area (Å²) >= 11 is 0. The van der Waals surface area contributed by atoms with Gasteiger partial charge in [0, 0.05) is 17.5 Å². The lowest BCUT2D eigenvalue weighted by Gasteiger charge is -2.14. The predicted octanol–water partition coefficient (Wildman–Crippen LogP) is 4.21. The van der Waals surface area contributed by atoms with Crippen LogP contribution in [0.25, 0.3) is 11.3 Å². The Morgan fingerprint density at radius 3 is 2.10 bits per heavy atom. The molecule has 4 aromatic rings. The van der Waals surface area contributed by atoms with Crippen LogP contribution in [0.2, 0.25) is 0 Å². The van der Waals surface area contributed by atoms with Gasteiger partial charge in [-0.05, 0) is 23.6 Å². The Morgan fingerprint density at radius 2 is 1.47 bits per heavy atom. The van der Waals surface area contributed by atoms with E-state index in [4.69, 9.17) is 0 Å². The van der Waals surface area contributed by atoms with E-state index in [0.29, 0.717) is 11.4 Å². The average molecular weight is 393 g/mol. The van der Waals surface area contributed by atoms with Gasteiger partial charge < -0.3 is 5.11 Å². The first kappa shape index (κ1) is 19.2. The molecule has 3 aromatic carbocycles. The molecule has 0 aliphatic carbocycles. The molecule has 0 fully saturated rings. The Hall–Kier alpha value is -4.17. The standard InChI is InChI=1S/C25H19N3O2/c29-25(30)23(18-20-12-6-2-7-13-20)28-22(17-16-19-10-4-1-5-11-19)24(26-27-28)21-14-8-3-9-15-21/h1-15,23H,18H2,(H,29,30)/t23-/m0/s1. The van der Waals surface area contributed by atoms with E-state index >= 15 is 0 Å². The van der Waals surface area contributed by atoms with E-state index in [-0.39, 0.29) is 6.42 Å². The van der Waals surface area contributed by atoms with Crippen molar-refractivity contribution in [3.63, 3.8) is 0 Å². The maximum Gasteiger partial charge on any atom is 0.328 e. The van der Waals surface area contributed by atoms with E-state index in [1.54, 1.807) is 0 Å². The van der Waals surface area contributed by atoms with Gasteiger partial charge in [0.15, 0.2) is 6.04 Å². The Balaban J connectivity index is 1.81. The van der Waals surface area contributed by atoms with Gasteiger partial charge in [-0.1, -0.05) is 90.0 Å². The molecule has 30 heavy (non-hydrogen) atoms. The molecular weight excluding hydrogens is 374 g/mol. The van der Waals surface area contributed by atoms with E-state index in [1.807, 2.05) is 91.0 Å². The largest absolute Gasteiger partial charge is 0.480 e. The van der Waals surface area contributed by atoms with Crippen LogP contribution in [-0.4, -0.2) is 26.1 Å². The number of carboxylic acids is 1. The van der Waals surface area contributed by atoms with Gasteiger partial charge in [0.25, 0.3) is 0 Å². The summed E-state index contributed by atoms with van der Waals surface area (Å²) in [6.07, 6.45) is 0.285. The molecule has 0 saturated carbocycles. The zero-order valence-electron chi connectivity index (χ0n) is 16.1. The molecule has 0 aliphatic heterocycles. The predicted molar refractivity (Wildman–Crippen MR) is 115 cm³/mol. The number of hydrogen-bond donors (Lipinski definition) is 1. The second kappa shape index (κ2) is 8.89. The third-order valence-electron chi connectivity index (χ3n) is 4.69. The van der Waals surface area contributed by atoms with Gasteiger partial charge in [-0.3, -0.25) is 0 Å². The summed E-state index contributed by atoms with van der Waals surface area (Å²) in [4.78, 5) is 12.1. The lowest BCUT2D eigenvalue weighted by molar-refractivity contribution is -0.141. The molecule has 1 N–H and O–H groups in total. The van der Waals surface area contributed by atoms with Crippen LogP contribution in [0, 0.1) is 11.8 Å². The van der Waals surface area contributed by atoms with Gasteiger partial charge >= 0.3 is 5.97 Å². The van der Waals surface area contributed by atoms with E-state index in [9.17, 15) is 9.90 Å². The number of aliphatic carboxylic acids is 1. The van der Waals surface area contributed by atoms with E-state index in [1.165, 1.54) is 4.68 Å². The molecule has 0 amide bonds. The Bertz CT molecular complexity index is 1190. The molecule has 0 bridgehead atoms. The molecule has 0 radical (unpaired) electrons. The van der Waals surface area contributed by atoms with Gasteiger partial charge in [-0.2, -0.15) is 0 Å². The highest BCUT2D eigenvalue weighted by atomic mass is 16.4.